The van der Waals surface area contributed by atoms with Gasteiger partial charge in [0.25, 0.3) is 0 Å². The highest BCUT2D eigenvalue weighted by Gasteiger charge is 2.50. The molecule has 0 fully saturated rings. The molecule has 0 spiro atoms. The van der Waals surface area contributed by atoms with Gasteiger partial charge in [-0.2, -0.15) is 0 Å². The van der Waals surface area contributed by atoms with Gasteiger partial charge in [0, 0.05) is 48.5 Å². The highest BCUT2D eigenvalue weighted by atomic mass is 16.6. The van der Waals surface area contributed by atoms with Crippen LogP contribution in [0.3, 0.4) is 0 Å². The molecular weight excluding hydrogens is 410 g/mol. The van der Waals surface area contributed by atoms with Crippen molar-refractivity contribution in [2.75, 3.05) is 0 Å². The molecule has 1 aromatic carbocycles. The van der Waals surface area contributed by atoms with E-state index < -0.39 is 30.1 Å². The van der Waals surface area contributed by atoms with Crippen molar-refractivity contribution in [1.29, 1.82) is 0 Å². The summed E-state index contributed by atoms with van der Waals surface area (Å²) in [5.74, 6) is -1.55. The average molecular weight is 431 g/mol. The van der Waals surface area contributed by atoms with Gasteiger partial charge >= 0.3 is 11.9 Å². The van der Waals surface area contributed by atoms with E-state index in [0.29, 0.717) is 17.8 Å². The minimum atomic E-state index is -0.980. The molecule has 1 aliphatic carbocycles. The number of benzene rings is 1. The maximum Gasteiger partial charge on any atom is 0.331 e. The van der Waals surface area contributed by atoms with Crippen LogP contribution in [-0.2, 0) is 32.2 Å². The number of para-hydroxylation sites is 1. The number of carbonyl (C=O) groups excluding carboxylic acids is 3. The second kappa shape index (κ2) is 7.64. The van der Waals surface area contributed by atoms with Crippen molar-refractivity contribution >= 4 is 28.6 Å². The van der Waals surface area contributed by atoms with Crippen molar-refractivity contribution in [2.45, 2.75) is 32.2 Å². The summed E-state index contributed by atoms with van der Waals surface area (Å²) in [6.45, 7) is 6.30. The van der Waals surface area contributed by atoms with E-state index in [4.69, 9.17) is 9.47 Å². The van der Waals surface area contributed by atoms with Gasteiger partial charge in [-0.25, -0.2) is 14.6 Å². The van der Waals surface area contributed by atoms with E-state index in [2.05, 4.69) is 11.6 Å². The Bertz CT molecular complexity index is 1300. The summed E-state index contributed by atoms with van der Waals surface area (Å²) in [6, 6.07) is 7.53. The number of Topliss-reactive ketones (excluding diaryl/α,β-unsaturated/α-hetero) is 1. The summed E-state index contributed by atoms with van der Waals surface area (Å²) in [5, 5.41) is 0.764. The number of ketones is 1. The second-order valence-electron chi connectivity index (χ2n) is 7.87. The number of fused-ring (bicyclic) bond motifs is 5. The molecule has 0 bridgehead atoms. The predicted molar refractivity (Wildman–Crippen MR) is 115 cm³/mol. The normalized spacial score (nSPS) is 23.5. The van der Waals surface area contributed by atoms with Crippen molar-refractivity contribution < 1.29 is 23.9 Å². The molecule has 0 saturated heterocycles. The third kappa shape index (κ3) is 3.07. The maximum atomic E-state index is 13.9. The Balaban J connectivity index is 1.76. The Morgan fingerprint density at radius 3 is 2.59 bits per heavy atom. The summed E-state index contributed by atoms with van der Waals surface area (Å²) in [7, 11) is 0. The summed E-state index contributed by atoms with van der Waals surface area (Å²) < 4.78 is 15.2. The molecule has 1 aliphatic heterocycles. The minimum absolute atomic E-state index is 0.165. The van der Waals surface area contributed by atoms with Crippen LogP contribution in [0.4, 0.5) is 0 Å². The van der Waals surface area contributed by atoms with Gasteiger partial charge in [-0.15, -0.1) is 6.58 Å². The number of esters is 2. The summed E-state index contributed by atoms with van der Waals surface area (Å²) in [4.78, 5) is 43.0. The molecule has 3 aromatic rings. The van der Waals surface area contributed by atoms with E-state index in [1.807, 2.05) is 40.3 Å². The largest absolute Gasteiger partial charge is 0.454 e. The van der Waals surface area contributed by atoms with Crippen LogP contribution in [0.2, 0.25) is 0 Å². The van der Waals surface area contributed by atoms with Gasteiger partial charge in [0.1, 0.15) is 5.82 Å². The molecule has 162 valence electrons. The number of ether oxygens (including phenoxy) is 2. The van der Waals surface area contributed by atoms with E-state index in [1.54, 1.807) is 18.5 Å². The van der Waals surface area contributed by atoms with Crippen LogP contribution in [0.5, 0.6) is 0 Å². The van der Waals surface area contributed by atoms with Gasteiger partial charge in [0.15, 0.2) is 18.0 Å². The lowest BCUT2D eigenvalue weighted by molar-refractivity contribution is -0.169. The monoisotopic (exact) mass is 431 g/mol. The van der Waals surface area contributed by atoms with Gasteiger partial charge < -0.3 is 18.6 Å². The first kappa shape index (κ1) is 20.0. The SMILES string of the molecule is C=CCn1c2c(c3ccccc31)C(=O)C(Cn1ccnc1C)C1OC(=O)/C=C\C(=O)OC21. The van der Waals surface area contributed by atoms with E-state index in [-0.39, 0.29) is 12.3 Å². The molecule has 3 unspecified atom stereocenters. The molecule has 2 aromatic heterocycles. The van der Waals surface area contributed by atoms with Crippen LogP contribution < -0.4 is 0 Å². The first-order valence-electron chi connectivity index (χ1n) is 10.3. The summed E-state index contributed by atoms with van der Waals surface area (Å²) >= 11 is 0. The highest BCUT2D eigenvalue weighted by molar-refractivity contribution is 6.12. The van der Waals surface area contributed by atoms with Gasteiger partial charge in [0.05, 0.1) is 17.2 Å². The number of carbonyl (C=O) groups is 3. The third-order valence-corrected chi connectivity index (χ3v) is 6.04. The molecule has 8 nitrogen and oxygen atoms in total. The number of aryl methyl sites for hydroxylation is 1. The lowest BCUT2D eigenvalue weighted by Gasteiger charge is -2.37. The van der Waals surface area contributed by atoms with E-state index in [9.17, 15) is 14.4 Å². The Morgan fingerprint density at radius 1 is 1.12 bits per heavy atom. The fraction of sp³-hybridized carbons (Fsp3) is 0.250. The molecule has 0 N–H and O–H groups in total. The third-order valence-electron chi connectivity index (χ3n) is 6.04. The summed E-state index contributed by atoms with van der Waals surface area (Å²) in [5.41, 5.74) is 1.83. The Kier molecular flexibility index (Phi) is 4.77. The van der Waals surface area contributed by atoms with Gasteiger partial charge in [-0.1, -0.05) is 24.3 Å². The van der Waals surface area contributed by atoms with Crippen molar-refractivity contribution in [3.63, 3.8) is 0 Å². The van der Waals surface area contributed by atoms with Crippen LogP contribution in [-0.4, -0.2) is 37.9 Å². The van der Waals surface area contributed by atoms with Crippen LogP contribution in [0.15, 0.2) is 61.5 Å². The first-order chi connectivity index (χ1) is 15.5. The molecule has 5 rings (SSSR count). The zero-order chi connectivity index (χ0) is 22.4. The average Bonchev–Trinajstić information content (AvgIpc) is 3.32. The van der Waals surface area contributed by atoms with E-state index in [0.717, 1.165) is 28.9 Å². The Labute approximate surface area is 183 Å². The first-order valence-corrected chi connectivity index (χ1v) is 10.3. The zero-order valence-electron chi connectivity index (χ0n) is 17.4. The molecule has 2 aliphatic rings. The van der Waals surface area contributed by atoms with Crippen LogP contribution in [0.25, 0.3) is 10.9 Å². The molecule has 8 heteroatoms. The van der Waals surface area contributed by atoms with Crippen LogP contribution in [0, 0.1) is 12.8 Å². The summed E-state index contributed by atoms with van der Waals surface area (Å²) in [6.07, 6.45) is 5.28. The fourth-order valence-corrected chi connectivity index (χ4v) is 4.64. The van der Waals surface area contributed by atoms with Gasteiger partial charge in [0.2, 0.25) is 0 Å². The quantitative estimate of drug-likeness (QED) is 0.466. The maximum absolute atomic E-state index is 13.9. The van der Waals surface area contributed by atoms with Crippen LogP contribution in [0.1, 0.15) is 28.0 Å². The number of aromatic nitrogens is 3. The Morgan fingerprint density at radius 2 is 1.88 bits per heavy atom. The standard InChI is InChI=1S/C24H21N3O5/c1-3-11-27-17-7-5-4-6-15(17)20-21(27)24-23(31-18(28)8-9-19(29)32-24)16(22(20)30)13-26-12-10-25-14(26)2/h3-10,12,16,23-24H,1,11,13H2,2H3/b9-8-. The lowest BCUT2D eigenvalue weighted by Crippen LogP contribution is -2.46. The number of allylic oxidation sites excluding steroid dienone is 1. The highest BCUT2D eigenvalue weighted by Crippen LogP contribution is 2.44. The molecule has 0 saturated carbocycles. The smallest absolute Gasteiger partial charge is 0.331 e. The minimum Gasteiger partial charge on any atom is -0.454 e. The number of nitrogens with zero attached hydrogens (tertiary/aromatic N) is 3. The van der Waals surface area contributed by atoms with Crippen molar-refractivity contribution in [3.8, 4) is 0 Å². The number of hydrogen-bond acceptors (Lipinski definition) is 6. The zero-order valence-corrected chi connectivity index (χ0v) is 17.4. The number of rotatable bonds is 4. The fourth-order valence-electron chi connectivity index (χ4n) is 4.64. The second-order valence-corrected chi connectivity index (χ2v) is 7.87. The van der Waals surface area contributed by atoms with E-state index >= 15 is 0 Å². The van der Waals surface area contributed by atoms with Gasteiger partial charge in [-0.3, -0.25) is 4.79 Å². The number of imidazole rings is 1. The van der Waals surface area contributed by atoms with Gasteiger partial charge in [-0.05, 0) is 13.0 Å². The predicted octanol–water partition coefficient (Wildman–Crippen LogP) is 2.91. The molecular formula is C24H21N3O5. The topological polar surface area (TPSA) is 92.4 Å². The molecule has 32 heavy (non-hydrogen) atoms. The van der Waals surface area contributed by atoms with Crippen molar-refractivity contribution in [3.05, 3.63) is 78.5 Å². The molecule has 3 heterocycles. The van der Waals surface area contributed by atoms with Crippen molar-refractivity contribution in [2.24, 2.45) is 5.92 Å². The Hall–Kier alpha value is -3.94. The van der Waals surface area contributed by atoms with Crippen LogP contribution >= 0.6 is 0 Å². The molecule has 0 amide bonds. The van der Waals surface area contributed by atoms with E-state index in [1.165, 1.54) is 0 Å². The lowest BCUT2D eigenvalue weighted by atomic mass is 9.80. The number of hydrogen-bond donors (Lipinski definition) is 0. The molecule has 3 atom stereocenters. The molecule has 0 radical (unpaired) electrons. The van der Waals surface area contributed by atoms with Crippen molar-refractivity contribution in [1.82, 2.24) is 14.1 Å².